The predicted molar refractivity (Wildman–Crippen MR) is 83.3 cm³/mol. The Balaban J connectivity index is 1.89. The number of hydrogen-bond donors (Lipinski definition) is 1. The third-order valence-electron chi connectivity index (χ3n) is 5.00. The van der Waals surface area contributed by atoms with Crippen molar-refractivity contribution in [2.75, 3.05) is 38.4 Å². The van der Waals surface area contributed by atoms with Crippen LogP contribution in [0.2, 0.25) is 0 Å². The maximum Gasteiger partial charge on any atom is 0.229 e. The van der Waals surface area contributed by atoms with Crippen molar-refractivity contribution in [3.63, 3.8) is 0 Å². The molecule has 0 aromatic carbocycles. The van der Waals surface area contributed by atoms with Gasteiger partial charge in [0.1, 0.15) is 0 Å². The van der Waals surface area contributed by atoms with Gasteiger partial charge in [0.15, 0.2) is 0 Å². The molecule has 2 aliphatic heterocycles. The van der Waals surface area contributed by atoms with Gasteiger partial charge >= 0.3 is 0 Å². The molecule has 0 radical (unpaired) electrons. The van der Waals surface area contributed by atoms with Gasteiger partial charge in [-0.3, -0.25) is 0 Å². The molecule has 0 bridgehead atoms. The van der Waals surface area contributed by atoms with Crippen molar-refractivity contribution in [1.82, 2.24) is 9.97 Å². The number of aliphatic hydroxyl groups excluding tert-OH is 1. The highest BCUT2D eigenvalue weighted by Gasteiger charge is 2.41. The topological polar surface area (TPSA) is 67.7 Å². The zero-order valence-corrected chi connectivity index (χ0v) is 13.4. The van der Waals surface area contributed by atoms with Gasteiger partial charge in [0.25, 0.3) is 0 Å². The van der Waals surface area contributed by atoms with Crippen molar-refractivity contribution in [1.29, 1.82) is 0 Å². The number of aryl methyl sites for hydroxylation is 1. The first kappa shape index (κ1) is 15.5. The van der Waals surface area contributed by atoms with Crippen LogP contribution in [0.5, 0.6) is 5.88 Å². The van der Waals surface area contributed by atoms with E-state index in [0.717, 1.165) is 51.1 Å². The second-order valence-corrected chi connectivity index (χ2v) is 6.47. The van der Waals surface area contributed by atoms with Gasteiger partial charge in [-0.25, -0.2) is 4.98 Å². The van der Waals surface area contributed by atoms with Gasteiger partial charge in [0.2, 0.25) is 11.8 Å². The Kier molecular flexibility index (Phi) is 4.49. The van der Waals surface area contributed by atoms with E-state index in [1.54, 1.807) is 7.11 Å². The molecule has 1 atom stereocenters. The normalized spacial score (nSPS) is 24.5. The SMILES string of the molecule is COc1cc(C)nc(N2CC3(CCOCC3)CCC2CO)n1. The summed E-state index contributed by atoms with van der Waals surface area (Å²) in [6.45, 7) is 4.61. The molecule has 0 amide bonds. The highest BCUT2D eigenvalue weighted by atomic mass is 16.5. The first-order chi connectivity index (χ1) is 10.7. The van der Waals surface area contributed by atoms with E-state index in [2.05, 4.69) is 14.9 Å². The number of methoxy groups -OCH3 is 1. The Morgan fingerprint density at radius 1 is 1.36 bits per heavy atom. The maximum absolute atomic E-state index is 9.75. The Morgan fingerprint density at radius 3 is 2.82 bits per heavy atom. The number of anilines is 1. The minimum absolute atomic E-state index is 0.0833. The zero-order valence-electron chi connectivity index (χ0n) is 13.4. The molecule has 1 N–H and O–H groups in total. The predicted octanol–water partition coefficient (Wildman–Crippen LogP) is 1.55. The number of hydrogen-bond acceptors (Lipinski definition) is 6. The molecule has 22 heavy (non-hydrogen) atoms. The van der Waals surface area contributed by atoms with E-state index >= 15 is 0 Å². The van der Waals surface area contributed by atoms with Crippen molar-refractivity contribution in [2.45, 2.75) is 38.6 Å². The van der Waals surface area contributed by atoms with Gasteiger partial charge in [-0.2, -0.15) is 4.98 Å². The summed E-state index contributed by atoms with van der Waals surface area (Å²) in [6.07, 6.45) is 4.26. The summed E-state index contributed by atoms with van der Waals surface area (Å²) < 4.78 is 10.8. The fourth-order valence-corrected chi connectivity index (χ4v) is 3.59. The third kappa shape index (κ3) is 3.03. The lowest BCUT2D eigenvalue weighted by atomic mass is 9.72. The van der Waals surface area contributed by atoms with E-state index in [-0.39, 0.29) is 18.1 Å². The summed E-state index contributed by atoms with van der Waals surface area (Å²) in [6, 6.07) is 1.91. The second-order valence-electron chi connectivity index (χ2n) is 6.47. The number of aromatic nitrogens is 2. The standard InChI is InChI=1S/C16H25N3O3/c1-12-9-14(21-2)18-15(17-12)19-11-16(4-3-13(19)10-20)5-7-22-8-6-16/h9,13,20H,3-8,10-11H2,1-2H3. The van der Waals surface area contributed by atoms with Gasteiger partial charge in [0, 0.05) is 31.5 Å². The summed E-state index contributed by atoms with van der Waals surface area (Å²) >= 11 is 0. The van der Waals surface area contributed by atoms with Crippen LogP contribution in [0, 0.1) is 12.3 Å². The summed E-state index contributed by atoms with van der Waals surface area (Å²) in [4.78, 5) is 11.2. The van der Waals surface area contributed by atoms with Crippen molar-refractivity contribution in [2.24, 2.45) is 5.41 Å². The van der Waals surface area contributed by atoms with Crippen molar-refractivity contribution in [3.05, 3.63) is 11.8 Å². The van der Waals surface area contributed by atoms with Crippen LogP contribution in [0.1, 0.15) is 31.4 Å². The average Bonchev–Trinajstić information content (AvgIpc) is 2.55. The molecule has 122 valence electrons. The first-order valence-electron chi connectivity index (χ1n) is 8.01. The summed E-state index contributed by atoms with van der Waals surface area (Å²) in [7, 11) is 1.62. The van der Waals surface area contributed by atoms with E-state index in [1.165, 1.54) is 0 Å². The smallest absolute Gasteiger partial charge is 0.229 e. The number of nitrogens with zero attached hydrogens (tertiary/aromatic N) is 3. The molecule has 0 aliphatic carbocycles. The number of ether oxygens (including phenoxy) is 2. The van der Waals surface area contributed by atoms with Crippen molar-refractivity contribution < 1.29 is 14.6 Å². The van der Waals surface area contributed by atoms with Crippen LogP contribution in [0.15, 0.2) is 6.07 Å². The van der Waals surface area contributed by atoms with Crippen molar-refractivity contribution >= 4 is 5.95 Å². The minimum Gasteiger partial charge on any atom is -0.481 e. The molecule has 2 aliphatic rings. The number of aliphatic hydroxyl groups is 1. The second kappa shape index (κ2) is 6.38. The van der Waals surface area contributed by atoms with Crippen LogP contribution in [0.4, 0.5) is 5.95 Å². The molecular formula is C16H25N3O3. The van der Waals surface area contributed by atoms with Gasteiger partial charge in [-0.1, -0.05) is 0 Å². The molecule has 3 rings (SSSR count). The Morgan fingerprint density at radius 2 is 2.14 bits per heavy atom. The summed E-state index contributed by atoms with van der Waals surface area (Å²) in [5.74, 6) is 1.24. The maximum atomic E-state index is 9.75. The highest BCUT2D eigenvalue weighted by Crippen LogP contribution is 2.42. The quantitative estimate of drug-likeness (QED) is 0.914. The van der Waals surface area contributed by atoms with E-state index in [1.807, 2.05) is 13.0 Å². The number of piperidine rings is 1. The van der Waals surface area contributed by atoms with E-state index < -0.39 is 0 Å². The Hall–Kier alpha value is -1.40. The molecule has 1 aromatic rings. The largest absolute Gasteiger partial charge is 0.481 e. The molecule has 6 nitrogen and oxygen atoms in total. The highest BCUT2D eigenvalue weighted by molar-refractivity contribution is 5.37. The third-order valence-corrected chi connectivity index (χ3v) is 5.00. The summed E-state index contributed by atoms with van der Waals surface area (Å²) in [5.41, 5.74) is 1.15. The van der Waals surface area contributed by atoms with Crippen LogP contribution in [0.25, 0.3) is 0 Å². The van der Waals surface area contributed by atoms with Crippen LogP contribution < -0.4 is 9.64 Å². The van der Waals surface area contributed by atoms with Crippen molar-refractivity contribution in [3.8, 4) is 5.88 Å². The van der Waals surface area contributed by atoms with Crippen LogP contribution >= 0.6 is 0 Å². The summed E-state index contributed by atoms with van der Waals surface area (Å²) in [5, 5.41) is 9.75. The monoisotopic (exact) mass is 307 g/mol. The lowest BCUT2D eigenvalue weighted by Gasteiger charge is -2.48. The molecule has 1 aromatic heterocycles. The Labute approximate surface area is 131 Å². The molecule has 3 heterocycles. The van der Waals surface area contributed by atoms with Gasteiger partial charge in [0.05, 0.1) is 19.8 Å². The van der Waals surface area contributed by atoms with Gasteiger partial charge < -0.3 is 19.5 Å². The number of rotatable bonds is 3. The fraction of sp³-hybridized carbons (Fsp3) is 0.750. The van der Waals surface area contributed by atoms with E-state index in [9.17, 15) is 5.11 Å². The van der Waals surface area contributed by atoms with Crippen LogP contribution in [-0.2, 0) is 4.74 Å². The molecule has 6 heteroatoms. The zero-order chi connectivity index (χ0) is 15.6. The lowest BCUT2D eigenvalue weighted by molar-refractivity contribution is 0.000644. The molecule has 2 saturated heterocycles. The molecule has 2 fully saturated rings. The molecular weight excluding hydrogens is 282 g/mol. The fourth-order valence-electron chi connectivity index (χ4n) is 3.59. The van der Waals surface area contributed by atoms with Crippen LogP contribution in [-0.4, -0.2) is 54.6 Å². The van der Waals surface area contributed by atoms with Crippen LogP contribution in [0.3, 0.4) is 0 Å². The van der Waals surface area contributed by atoms with Gasteiger partial charge in [-0.15, -0.1) is 0 Å². The first-order valence-corrected chi connectivity index (χ1v) is 8.01. The Bertz CT molecular complexity index is 517. The molecule has 1 unspecified atom stereocenters. The molecule has 0 saturated carbocycles. The van der Waals surface area contributed by atoms with E-state index in [0.29, 0.717) is 11.8 Å². The van der Waals surface area contributed by atoms with Gasteiger partial charge in [-0.05, 0) is 38.0 Å². The minimum atomic E-state index is 0.0833. The average molecular weight is 307 g/mol. The van der Waals surface area contributed by atoms with E-state index in [4.69, 9.17) is 9.47 Å². The molecule has 1 spiro atoms. The lowest BCUT2D eigenvalue weighted by Crippen LogP contribution is -2.53.